The lowest BCUT2D eigenvalue weighted by atomic mass is 10.1. The van der Waals surface area contributed by atoms with Crippen LogP contribution in [0, 0.1) is 21.7 Å². The minimum Gasteiger partial charge on any atom is -0.258 e. The molecular weight excluding hydrogens is 284 g/mol. The molecule has 0 heterocycles. The summed E-state index contributed by atoms with van der Waals surface area (Å²) < 4.78 is 26.4. The molecule has 0 aliphatic carbocycles. The van der Waals surface area contributed by atoms with E-state index in [1.807, 2.05) is 0 Å². The van der Waals surface area contributed by atoms with E-state index >= 15 is 0 Å². The van der Waals surface area contributed by atoms with Crippen molar-refractivity contribution in [2.75, 3.05) is 5.33 Å². The second kappa shape index (κ2) is 5.69. The maximum Gasteiger partial charge on any atom is 0.307 e. The van der Waals surface area contributed by atoms with Crippen molar-refractivity contribution in [3.8, 4) is 0 Å². The average Bonchev–Trinajstić information content (AvgIpc) is 2.22. The van der Waals surface area contributed by atoms with Gasteiger partial charge < -0.3 is 0 Å². The Hall–Kier alpha value is -1.30. The van der Waals surface area contributed by atoms with Gasteiger partial charge in [0.1, 0.15) is 5.82 Å². The predicted octanol–water partition coefficient (Wildman–Crippen LogP) is 3.67. The van der Waals surface area contributed by atoms with Gasteiger partial charge in [0.2, 0.25) is 5.82 Å². The van der Waals surface area contributed by atoms with Crippen molar-refractivity contribution in [1.82, 2.24) is 0 Å². The predicted molar refractivity (Wildman–Crippen MR) is 60.5 cm³/mol. The maximum absolute atomic E-state index is 13.3. The molecule has 0 fully saturated rings. The normalized spacial score (nSPS) is 10.9. The van der Waals surface area contributed by atoms with E-state index in [1.54, 1.807) is 6.08 Å². The first-order chi connectivity index (χ1) is 7.56. The van der Waals surface area contributed by atoms with Crippen molar-refractivity contribution in [2.24, 2.45) is 0 Å². The summed E-state index contributed by atoms with van der Waals surface area (Å²) in [5.41, 5.74) is -0.848. The highest BCUT2D eigenvalue weighted by molar-refractivity contribution is 9.09. The number of allylic oxidation sites excluding steroid dienone is 1. The van der Waals surface area contributed by atoms with Gasteiger partial charge in [0.25, 0.3) is 0 Å². The number of alkyl halides is 1. The second-order valence-electron chi connectivity index (χ2n) is 2.96. The van der Waals surface area contributed by atoms with Crippen LogP contribution in [-0.2, 0) is 0 Å². The SMILES string of the molecule is O=[N+]([O-])c1cc(F)c(C=CCCBr)cc1F. The quantitative estimate of drug-likeness (QED) is 0.483. The Bertz CT molecular complexity index is 435. The van der Waals surface area contributed by atoms with Crippen molar-refractivity contribution in [2.45, 2.75) is 6.42 Å². The van der Waals surface area contributed by atoms with E-state index < -0.39 is 22.2 Å². The average molecular weight is 292 g/mol. The number of nitro groups is 1. The number of halogens is 3. The standard InChI is InChI=1S/C10H8BrF2NO2/c11-4-2-1-3-7-5-9(13)10(14(15)16)6-8(7)12/h1,3,5-6H,2,4H2. The van der Waals surface area contributed by atoms with E-state index in [9.17, 15) is 18.9 Å². The van der Waals surface area contributed by atoms with Gasteiger partial charge in [0, 0.05) is 10.9 Å². The Morgan fingerprint density at radius 2 is 2.06 bits per heavy atom. The Morgan fingerprint density at radius 3 is 2.62 bits per heavy atom. The van der Waals surface area contributed by atoms with Gasteiger partial charge in [-0.3, -0.25) is 10.1 Å². The minimum atomic E-state index is -1.04. The van der Waals surface area contributed by atoms with E-state index in [2.05, 4.69) is 15.9 Å². The fourth-order valence-corrected chi connectivity index (χ4v) is 1.36. The van der Waals surface area contributed by atoms with Gasteiger partial charge in [-0.2, -0.15) is 4.39 Å². The number of nitro benzene ring substituents is 1. The van der Waals surface area contributed by atoms with Gasteiger partial charge in [-0.05, 0) is 12.5 Å². The molecule has 1 aromatic carbocycles. The molecule has 0 saturated carbocycles. The molecule has 1 aromatic rings. The van der Waals surface area contributed by atoms with Crippen molar-refractivity contribution < 1.29 is 13.7 Å². The molecule has 0 atom stereocenters. The van der Waals surface area contributed by atoms with Crippen LogP contribution >= 0.6 is 15.9 Å². The van der Waals surface area contributed by atoms with Gasteiger partial charge >= 0.3 is 5.69 Å². The maximum atomic E-state index is 13.3. The van der Waals surface area contributed by atoms with Crippen molar-refractivity contribution in [1.29, 1.82) is 0 Å². The van der Waals surface area contributed by atoms with Crippen LogP contribution in [0.5, 0.6) is 0 Å². The summed E-state index contributed by atoms with van der Waals surface area (Å²) in [5.74, 6) is -1.84. The Kier molecular flexibility index (Phi) is 4.54. The molecule has 6 heteroatoms. The van der Waals surface area contributed by atoms with Gasteiger partial charge in [-0.25, -0.2) is 4.39 Å². The van der Waals surface area contributed by atoms with E-state index in [0.717, 1.165) is 6.07 Å². The topological polar surface area (TPSA) is 43.1 Å². The van der Waals surface area contributed by atoms with Gasteiger partial charge in [0.05, 0.1) is 11.0 Å². The lowest BCUT2D eigenvalue weighted by Gasteiger charge is -1.98. The molecule has 86 valence electrons. The molecule has 0 amide bonds. The second-order valence-corrected chi connectivity index (χ2v) is 3.76. The smallest absolute Gasteiger partial charge is 0.258 e. The summed E-state index contributed by atoms with van der Waals surface area (Å²) in [6, 6.07) is 1.40. The van der Waals surface area contributed by atoms with Crippen LogP contribution in [0.2, 0.25) is 0 Å². The zero-order valence-electron chi connectivity index (χ0n) is 8.12. The molecule has 0 aromatic heterocycles. The molecule has 0 aliphatic heterocycles. The molecule has 16 heavy (non-hydrogen) atoms. The van der Waals surface area contributed by atoms with Gasteiger partial charge in [-0.15, -0.1) is 0 Å². The first-order valence-corrected chi connectivity index (χ1v) is 5.54. The highest BCUT2D eigenvalue weighted by Gasteiger charge is 2.17. The largest absolute Gasteiger partial charge is 0.307 e. The van der Waals surface area contributed by atoms with E-state index in [-0.39, 0.29) is 5.56 Å². The fraction of sp³-hybridized carbons (Fsp3) is 0.200. The third kappa shape index (κ3) is 3.10. The lowest BCUT2D eigenvalue weighted by molar-refractivity contribution is -0.387. The van der Waals surface area contributed by atoms with Crippen LogP contribution in [0.25, 0.3) is 6.08 Å². The number of rotatable bonds is 4. The Balaban J connectivity index is 3.05. The zero-order valence-corrected chi connectivity index (χ0v) is 9.71. The zero-order chi connectivity index (χ0) is 12.1. The van der Waals surface area contributed by atoms with Crippen LogP contribution in [-0.4, -0.2) is 10.3 Å². The summed E-state index contributed by atoms with van der Waals surface area (Å²) in [6.45, 7) is 0. The number of hydrogen-bond acceptors (Lipinski definition) is 2. The van der Waals surface area contributed by atoms with Crippen molar-refractivity contribution >= 4 is 27.7 Å². The Labute approximate surface area is 99.1 Å². The molecular formula is C10H8BrF2NO2. The van der Waals surface area contributed by atoms with Crippen LogP contribution in [0.1, 0.15) is 12.0 Å². The molecule has 0 saturated heterocycles. The number of hydrogen-bond donors (Lipinski definition) is 0. The summed E-state index contributed by atoms with van der Waals surface area (Å²) in [5, 5.41) is 11.0. The Morgan fingerprint density at radius 1 is 1.38 bits per heavy atom. The van der Waals surface area contributed by atoms with Crippen LogP contribution in [0.3, 0.4) is 0 Å². The highest BCUT2D eigenvalue weighted by atomic mass is 79.9. The van der Waals surface area contributed by atoms with E-state index in [1.165, 1.54) is 6.08 Å². The monoisotopic (exact) mass is 291 g/mol. The molecule has 1 rings (SSSR count). The summed E-state index contributed by atoms with van der Waals surface area (Å²) in [6.07, 6.45) is 3.71. The molecule has 3 nitrogen and oxygen atoms in total. The van der Waals surface area contributed by atoms with E-state index in [0.29, 0.717) is 17.8 Å². The van der Waals surface area contributed by atoms with E-state index in [4.69, 9.17) is 0 Å². The van der Waals surface area contributed by atoms with Gasteiger partial charge in [-0.1, -0.05) is 28.1 Å². The van der Waals surface area contributed by atoms with Crippen molar-refractivity contribution in [3.63, 3.8) is 0 Å². The van der Waals surface area contributed by atoms with Gasteiger partial charge in [0.15, 0.2) is 0 Å². The first kappa shape index (κ1) is 12.8. The van der Waals surface area contributed by atoms with Crippen LogP contribution < -0.4 is 0 Å². The molecule has 0 radical (unpaired) electrons. The summed E-state index contributed by atoms with van der Waals surface area (Å²) in [7, 11) is 0. The third-order valence-corrected chi connectivity index (χ3v) is 2.29. The molecule has 0 N–H and O–H groups in total. The number of nitrogens with zero attached hydrogens (tertiary/aromatic N) is 1. The summed E-state index contributed by atoms with van der Waals surface area (Å²) >= 11 is 3.18. The number of benzene rings is 1. The van der Waals surface area contributed by atoms with Crippen molar-refractivity contribution in [3.05, 3.63) is 45.5 Å². The molecule has 0 spiro atoms. The third-order valence-electron chi connectivity index (χ3n) is 1.84. The highest BCUT2D eigenvalue weighted by Crippen LogP contribution is 2.22. The molecule has 0 bridgehead atoms. The molecule has 0 unspecified atom stereocenters. The first-order valence-electron chi connectivity index (χ1n) is 4.42. The molecule has 0 aliphatic rings. The fourth-order valence-electron chi connectivity index (χ4n) is 1.09. The van der Waals surface area contributed by atoms with Crippen LogP contribution in [0.4, 0.5) is 14.5 Å². The summed E-state index contributed by atoms with van der Waals surface area (Å²) in [4.78, 5) is 9.37. The minimum absolute atomic E-state index is 0.00375. The lowest BCUT2D eigenvalue weighted by Crippen LogP contribution is -1.95. The van der Waals surface area contributed by atoms with Crippen LogP contribution in [0.15, 0.2) is 18.2 Å².